The Bertz CT molecular complexity index is 598. The van der Waals surface area contributed by atoms with Crippen LogP contribution in [0, 0.1) is 0 Å². The van der Waals surface area contributed by atoms with Crippen LogP contribution in [0.4, 0.5) is 13.2 Å². The first-order valence-corrected chi connectivity index (χ1v) is 5.92. The summed E-state index contributed by atoms with van der Waals surface area (Å²) in [6.07, 6.45) is -2.70. The van der Waals surface area contributed by atoms with Gasteiger partial charge in [-0.05, 0) is 25.0 Å². The summed E-state index contributed by atoms with van der Waals surface area (Å²) in [5, 5.41) is 0.651. The van der Waals surface area contributed by atoms with Crippen molar-refractivity contribution >= 4 is 10.9 Å². The van der Waals surface area contributed by atoms with Gasteiger partial charge in [-0.2, -0.15) is 13.2 Å². The number of rotatable bonds is 1. The second kappa shape index (κ2) is 3.75. The first-order chi connectivity index (χ1) is 8.52. The van der Waals surface area contributed by atoms with Crippen molar-refractivity contribution in [3.8, 4) is 0 Å². The molecule has 0 fully saturated rings. The fraction of sp³-hybridized carbons (Fsp3) is 0.385. The standard InChI is InChI=1S/C13H13F3N2/c14-13(15,16)11-3-1-2-8-6-9-4-5-10(7-17)18(9)12(8)11/h1-3,6,10H,4-5,7,17H2. The lowest BCUT2D eigenvalue weighted by atomic mass is 10.1. The van der Waals surface area contributed by atoms with Crippen LogP contribution in [-0.4, -0.2) is 11.1 Å². The summed E-state index contributed by atoms with van der Waals surface area (Å²) < 4.78 is 40.9. The van der Waals surface area contributed by atoms with Crippen LogP contribution in [-0.2, 0) is 12.6 Å². The van der Waals surface area contributed by atoms with Crippen molar-refractivity contribution in [2.45, 2.75) is 25.1 Å². The lowest BCUT2D eigenvalue weighted by molar-refractivity contribution is -0.136. The van der Waals surface area contributed by atoms with E-state index >= 15 is 0 Å². The molecule has 1 atom stereocenters. The molecule has 0 spiro atoms. The molecule has 0 radical (unpaired) electrons. The number of nitrogens with zero attached hydrogens (tertiary/aromatic N) is 1. The average molecular weight is 254 g/mol. The number of nitrogens with two attached hydrogens (primary N) is 1. The number of hydrogen-bond acceptors (Lipinski definition) is 1. The summed E-state index contributed by atoms with van der Waals surface area (Å²) in [6.45, 7) is 0.378. The van der Waals surface area contributed by atoms with Gasteiger partial charge >= 0.3 is 6.18 Å². The molecular formula is C13H13F3N2. The van der Waals surface area contributed by atoms with Crippen molar-refractivity contribution in [1.29, 1.82) is 0 Å². The van der Waals surface area contributed by atoms with Gasteiger partial charge in [-0.25, -0.2) is 0 Å². The molecule has 1 aromatic heterocycles. The van der Waals surface area contributed by atoms with Crippen molar-refractivity contribution in [2.24, 2.45) is 5.73 Å². The van der Waals surface area contributed by atoms with E-state index < -0.39 is 11.7 Å². The number of benzene rings is 1. The highest BCUT2D eigenvalue weighted by molar-refractivity contribution is 5.85. The Morgan fingerprint density at radius 1 is 1.33 bits per heavy atom. The minimum Gasteiger partial charge on any atom is -0.340 e. The molecule has 1 aliphatic heterocycles. The second-order valence-electron chi connectivity index (χ2n) is 4.68. The molecule has 96 valence electrons. The molecule has 2 N–H and O–H groups in total. The third kappa shape index (κ3) is 1.54. The first kappa shape index (κ1) is 11.6. The van der Waals surface area contributed by atoms with Crippen LogP contribution in [0.5, 0.6) is 0 Å². The van der Waals surface area contributed by atoms with E-state index in [-0.39, 0.29) is 11.6 Å². The zero-order valence-electron chi connectivity index (χ0n) is 9.67. The number of aryl methyl sites for hydroxylation is 1. The minimum absolute atomic E-state index is 0.0130. The third-order valence-corrected chi connectivity index (χ3v) is 3.62. The maximum atomic E-state index is 13.1. The monoisotopic (exact) mass is 254 g/mol. The molecule has 2 heterocycles. The number of alkyl halides is 3. The van der Waals surface area contributed by atoms with E-state index in [4.69, 9.17) is 5.73 Å². The van der Waals surface area contributed by atoms with Crippen LogP contribution in [0.2, 0.25) is 0 Å². The molecule has 0 saturated heterocycles. The molecule has 2 aromatic rings. The summed E-state index contributed by atoms with van der Waals surface area (Å²) in [7, 11) is 0. The molecule has 0 bridgehead atoms. The Hall–Kier alpha value is -1.49. The molecule has 3 rings (SSSR count). The Kier molecular flexibility index (Phi) is 2.41. The van der Waals surface area contributed by atoms with Crippen molar-refractivity contribution in [3.05, 3.63) is 35.5 Å². The average Bonchev–Trinajstić information content (AvgIpc) is 2.84. The van der Waals surface area contributed by atoms with Crippen molar-refractivity contribution in [2.75, 3.05) is 6.54 Å². The summed E-state index contributed by atoms with van der Waals surface area (Å²) >= 11 is 0. The summed E-state index contributed by atoms with van der Waals surface area (Å²) in [6, 6.07) is 6.16. The van der Waals surface area contributed by atoms with Gasteiger partial charge in [0.15, 0.2) is 0 Å². The Morgan fingerprint density at radius 3 is 2.78 bits per heavy atom. The van der Waals surface area contributed by atoms with E-state index in [0.29, 0.717) is 11.9 Å². The molecular weight excluding hydrogens is 241 g/mol. The van der Waals surface area contributed by atoms with Gasteiger partial charge in [0.25, 0.3) is 0 Å². The first-order valence-electron chi connectivity index (χ1n) is 5.92. The highest BCUT2D eigenvalue weighted by Gasteiger charge is 2.35. The molecule has 1 aromatic carbocycles. The summed E-state index contributed by atoms with van der Waals surface area (Å²) in [5.74, 6) is 0. The van der Waals surface area contributed by atoms with Crippen LogP contribution in [0.15, 0.2) is 24.3 Å². The van der Waals surface area contributed by atoms with Gasteiger partial charge in [-0.3, -0.25) is 0 Å². The third-order valence-electron chi connectivity index (χ3n) is 3.62. The number of hydrogen-bond donors (Lipinski definition) is 1. The number of fused-ring (bicyclic) bond motifs is 3. The Morgan fingerprint density at radius 2 is 2.11 bits per heavy atom. The quantitative estimate of drug-likeness (QED) is 0.832. The molecule has 0 amide bonds. The van der Waals surface area contributed by atoms with Crippen LogP contribution in [0.1, 0.15) is 23.7 Å². The van der Waals surface area contributed by atoms with Crippen molar-refractivity contribution < 1.29 is 13.2 Å². The lowest BCUT2D eigenvalue weighted by Crippen LogP contribution is -2.17. The SMILES string of the molecule is NCC1CCc2cc3cccc(C(F)(F)F)c3n21. The highest BCUT2D eigenvalue weighted by Crippen LogP contribution is 2.40. The fourth-order valence-corrected chi connectivity index (χ4v) is 2.84. The molecule has 0 saturated carbocycles. The zero-order valence-corrected chi connectivity index (χ0v) is 9.67. The lowest BCUT2D eigenvalue weighted by Gasteiger charge is -2.16. The Balaban J connectivity index is 2.33. The number of aromatic nitrogens is 1. The predicted molar refractivity (Wildman–Crippen MR) is 63.4 cm³/mol. The van der Waals surface area contributed by atoms with Gasteiger partial charge in [0.1, 0.15) is 0 Å². The van der Waals surface area contributed by atoms with Gasteiger partial charge in [-0.15, -0.1) is 0 Å². The largest absolute Gasteiger partial charge is 0.418 e. The van der Waals surface area contributed by atoms with Crippen molar-refractivity contribution in [1.82, 2.24) is 4.57 Å². The Labute approximate surface area is 102 Å². The van der Waals surface area contributed by atoms with E-state index in [1.165, 1.54) is 6.07 Å². The summed E-state index contributed by atoms with van der Waals surface area (Å²) in [4.78, 5) is 0. The van der Waals surface area contributed by atoms with Gasteiger partial charge in [0.05, 0.1) is 11.1 Å². The van der Waals surface area contributed by atoms with Crippen molar-refractivity contribution in [3.63, 3.8) is 0 Å². The van der Waals surface area contributed by atoms with Gasteiger partial charge in [-0.1, -0.05) is 12.1 Å². The van der Waals surface area contributed by atoms with Gasteiger partial charge in [0, 0.05) is 23.7 Å². The van der Waals surface area contributed by atoms with E-state index in [0.717, 1.165) is 24.6 Å². The zero-order chi connectivity index (χ0) is 12.9. The van der Waals surface area contributed by atoms with E-state index in [1.807, 2.05) is 6.07 Å². The maximum absolute atomic E-state index is 13.1. The smallest absolute Gasteiger partial charge is 0.340 e. The van der Waals surface area contributed by atoms with E-state index in [1.54, 1.807) is 10.6 Å². The maximum Gasteiger partial charge on any atom is 0.418 e. The van der Waals surface area contributed by atoms with E-state index in [2.05, 4.69) is 0 Å². The molecule has 1 aliphatic rings. The second-order valence-corrected chi connectivity index (χ2v) is 4.68. The minimum atomic E-state index is -4.32. The predicted octanol–water partition coefficient (Wildman–Crippen LogP) is 3.11. The molecule has 5 heteroatoms. The molecule has 18 heavy (non-hydrogen) atoms. The highest BCUT2D eigenvalue weighted by atomic mass is 19.4. The number of para-hydroxylation sites is 1. The van der Waals surface area contributed by atoms with E-state index in [9.17, 15) is 13.2 Å². The molecule has 1 unspecified atom stereocenters. The van der Waals surface area contributed by atoms with Crippen LogP contribution >= 0.6 is 0 Å². The molecule has 0 aliphatic carbocycles. The normalized spacial score (nSPS) is 19.4. The number of halogens is 3. The van der Waals surface area contributed by atoms with Gasteiger partial charge in [0.2, 0.25) is 0 Å². The van der Waals surface area contributed by atoms with Crippen LogP contribution < -0.4 is 5.73 Å². The van der Waals surface area contributed by atoms with Gasteiger partial charge < -0.3 is 10.3 Å². The summed E-state index contributed by atoms with van der Waals surface area (Å²) in [5.41, 5.74) is 6.33. The fourth-order valence-electron chi connectivity index (χ4n) is 2.84. The molecule has 2 nitrogen and oxygen atoms in total. The topological polar surface area (TPSA) is 30.9 Å². The van der Waals surface area contributed by atoms with Crippen LogP contribution in [0.3, 0.4) is 0 Å². The van der Waals surface area contributed by atoms with Crippen LogP contribution in [0.25, 0.3) is 10.9 Å².